The second-order valence-corrected chi connectivity index (χ2v) is 6.38. The molecule has 4 rings (SSSR count). The first kappa shape index (κ1) is 15.1. The van der Waals surface area contributed by atoms with Crippen LogP contribution in [0.15, 0.2) is 48.5 Å². The van der Waals surface area contributed by atoms with E-state index in [0.717, 1.165) is 11.1 Å². The SMILES string of the molecule is O=C1N[C@H](c2cccc(Cl)c2)N2C(=O)N[C@H](c3cccc(Cl)c3)N12. The molecule has 8 heteroatoms. The minimum atomic E-state index is -0.611. The van der Waals surface area contributed by atoms with Gasteiger partial charge in [-0.3, -0.25) is 0 Å². The average Bonchev–Trinajstić information content (AvgIpc) is 3.07. The van der Waals surface area contributed by atoms with Gasteiger partial charge >= 0.3 is 12.1 Å². The molecule has 24 heavy (non-hydrogen) atoms. The molecule has 122 valence electrons. The second-order valence-electron chi connectivity index (χ2n) is 5.50. The summed E-state index contributed by atoms with van der Waals surface area (Å²) in [4.78, 5) is 24.9. The molecule has 2 heterocycles. The number of carbonyl (C=O) groups excluding carboxylic acids is 2. The number of halogens is 2. The average molecular weight is 363 g/mol. The molecule has 0 spiro atoms. The smallest absolute Gasteiger partial charge is 0.310 e. The standard InChI is InChI=1S/C16H12Cl2N4O2/c17-11-5-1-3-9(7-11)13-19-15(23)22-14(20-16(24)21(13)22)10-4-2-6-12(18)8-10/h1-8,13-14H,(H,19,23)(H,20,24)/t13-,14-/m0/s1. The molecule has 4 amide bonds. The Kier molecular flexibility index (Phi) is 3.51. The van der Waals surface area contributed by atoms with Crippen molar-refractivity contribution < 1.29 is 9.59 Å². The predicted octanol–water partition coefficient (Wildman–Crippen LogP) is 3.66. The van der Waals surface area contributed by atoms with E-state index in [0.29, 0.717) is 10.0 Å². The van der Waals surface area contributed by atoms with Gasteiger partial charge in [0.05, 0.1) is 0 Å². The normalized spacial score (nSPS) is 22.4. The molecule has 6 nitrogen and oxygen atoms in total. The van der Waals surface area contributed by atoms with E-state index in [9.17, 15) is 9.59 Å². The van der Waals surface area contributed by atoms with Crippen molar-refractivity contribution in [3.05, 3.63) is 69.7 Å². The number of nitrogens with one attached hydrogen (secondary N) is 2. The number of urea groups is 2. The lowest BCUT2D eigenvalue weighted by molar-refractivity contribution is 0.0672. The van der Waals surface area contributed by atoms with Crippen LogP contribution in [0.3, 0.4) is 0 Å². The maximum absolute atomic E-state index is 12.5. The quantitative estimate of drug-likeness (QED) is 0.855. The van der Waals surface area contributed by atoms with Gasteiger partial charge < -0.3 is 10.6 Å². The highest BCUT2D eigenvalue weighted by molar-refractivity contribution is 6.30. The van der Waals surface area contributed by atoms with E-state index in [2.05, 4.69) is 10.6 Å². The van der Waals surface area contributed by atoms with Crippen LogP contribution in [0.25, 0.3) is 0 Å². The summed E-state index contributed by atoms with van der Waals surface area (Å²) in [5.74, 6) is 0. The van der Waals surface area contributed by atoms with Crippen LogP contribution in [0, 0.1) is 0 Å². The van der Waals surface area contributed by atoms with E-state index in [1.54, 1.807) is 48.5 Å². The third kappa shape index (κ3) is 2.35. The molecular formula is C16H12Cl2N4O2. The van der Waals surface area contributed by atoms with Crippen molar-refractivity contribution in [3.63, 3.8) is 0 Å². The summed E-state index contributed by atoms with van der Waals surface area (Å²) in [5, 5.41) is 9.40. The third-order valence-electron chi connectivity index (χ3n) is 3.99. The summed E-state index contributed by atoms with van der Waals surface area (Å²) in [5.41, 5.74) is 1.44. The zero-order valence-electron chi connectivity index (χ0n) is 12.2. The van der Waals surface area contributed by atoms with Gasteiger partial charge in [-0.25, -0.2) is 19.6 Å². The van der Waals surface area contributed by atoms with E-state index in [1.165, 1.54) is 10.0 Å². The number of benzene rings is 2. The number of fused-ring (bicyclic) bond motifs is 1. The van der Waals surface area contributed by atoms with Gasteiger partial charge in [0.2, 0.25) is 0 Å². The number of amides is 4. The van der Waals surface area contributed by atoms with Gasteiger partial charge in [-0.15, -0.1) is 0 Å². The Morgan fingerprint density at radius 2 is 1.17 bits per heavy atom. The van der Waals surface area contributed by atoms with Crippen LogP contribution < -0.4 is 10.6 Å². The highest BCUT2D eigenvalue weighted by atomic mass is 35.5. The van der Waals surface area contributed by atoms with Gasteiger partial charge in [0, 0.05) is 10.0 Å². The van der Waals surface area contributed by atoms with Crippen LogP contribution in [0.5, 0.6) is 0 Å². The van der Waals surface area contributed by atoms with Crippen molar-refractivity contribution in [1.29, 1.82) is 0 Å². The lowest BCUT2D eigenvalue weighted by Crippen LogP contribution is -2.36. The molecule has 0 radical (unpaired) electrons. The first-order valence-electron chi connectivity index (χ1n) is 7.25. The van der Waals surface area contributed by atoms with E-state index in [1.807, 2.05) is 0 Å². The lowest BCUT2D eigenvalue weighted by atomic mass is 10.2. The number of nitrogens with zero attached hydrogens (tertiary/aromatic N) is 2. The van der Waals surface area contributed by atoms with Crippen molar-refractivity contribution in [2.24, 2.45) is 0 Å². The summed E-state index contributed by atoms with van der Waals surface area (Å²) in [6.07, 6.45) is -1.22. The van der Waals surface area contributed by atoms with Gasteiger partial charge in [-0.1, -0.05) is 47.5 Å². The molecule has 0 unspecified atom stereocenters. The second kappa shape index (κ2) is 5.58. The Labute approximate surface area is 147 Å². The van der Waals surface area contributed by atoms with Crippen LogP contribution in [0.2, 0.25) is 10.0 Å². The van der Waals surface area contributed by atoms with Crippen molar-refractivity contribution >= 4 is 35.3 Å². The number of hydrogen-bond acceptors (Lipinski definition) is 2. The predicted molar refractivity (Wildman–Crippen MR) is 89.1 cm³/mol. The molecule has 0 bridgehead atoms. The summed E-state index contributed by atoms with van der Waals surface area (Å²) >= 11 is 12.0. The Bertz CT molecular complexity index is 775. The third-order valence-corrected chi connectivity index (χ3v) is 4.46. The van der Waals surface area contributed by atoms with Crippen LogP contribution in [-0.4, -0.2) is 22.1 Å². The molecule has 2 N–H and O–H groups in total. The van der Waals surface area contributed by atoms with Crippen molar-refractivity contribution in [1.82, 2.24) is 20.7 Å². The lowest BCUT2D eigenvalue weighted by Gasteiger charge is -2.24. The molecular weight excluding hydrogens is 351 g/mol. The van der Waals surface area contributed by atoms with Crippen LogP contribution in [0.1, 0.15) is 23.5 Å². The number of rotatable bonds is 2. The summed E-state index contributed by atoms with van der Waals surface area (Å²) in [7, 11) is 0. The number of carbonyl (C=O) groups is 2. The Morgan fingerprint density at radius 1 is 0.750 bits per heavy atom. The minimum Gasteiger partial charge on any atom is -0.310 e. The topological polar surface area (TPSA) is 64.7 Å². The largest absolute Gasteiger partial charge is 0.340 e. The minimum absolute atomic E-state index is 0.372. The van der Waals surface area contributed by atoms with Gasteiger partial charge in [0.15, 0.2) is 12.3 Å². The molecule has 0 saturated carbocycles. The summed E-state index contributed by atoms with van der Waals surface area (Å²) in [6, 6.07) is 13.3. The van der Waals surface area contributed by atoms with E-state index in [-0.39, 0.29) is 12.1 Å². The first-order chi connectivity index (χ1) is 11.5. The Hall–Kier alpha value is -2.44. The molecule has 2 fully saturated rings. The Morgan fingerprint density at radius 3 is 1.54 bits per heavy atom. The van der Waals surface area contributed by atoms with Crippen LogP contribution in [-0.2, 0) is 0 Å². The molecule has 2 aromatic carbocycles. The highest BCUT2D eigenvalue weighted by Gasteiger charge is 2.51. The molecule has 0 aromatic heterocycles. The van der Waals surface area contributed by atoms with Crippen molar-refractivity contribution in [2.75, 3.05) is 0 Å². The van der Waals surface area contributed by atoms with Gasteiger partial charge in [-0.2, -0.15) is 0 Å². The maximum Gasteiger partial charge on any atom is 0.340 e. The molecule has 2 atom stereocenters. The van der Waals surface area contributed by atoms with Crippen molar-refractivity contribution in [3.8, 4) is 0 Å². The monoisotopic (exact) mass is 362 g/mol. The van der Waals surface area contributed by atoms with E-state index in [4.69, 9.17) is 23.2 Å². The zero-order valence-corrected chi connectivity index (χ0v) is 13.8. The van der Waals surface area contributed by atoms with Crippen LogP contribution in [0.4, 0.5) is 9.59 Å². The van der Waals surface area contributed by atoms with Gasteiger partial charge in [0.25, 0.3) is 0 Å². The molecule has 2 aliphatic rings. The fourth-order valence-electron chi connectivity index (χ4n) is 2.97. The van der Waals surface area contributed by atoms with Gasteiger partial charge in [0.1, 0.15) is 0 Å². The molecule has 2 saturated heterocycles. The molecule has 0 aliphatic carbocycles. The Balaban J connectivity index is 1.72. The fraction of sp³-hybridized carbons (Fsp3) is 0.125. The van der Waals surface area contributed by atoms with Crippen LogP contribution >= 0.6 is 23.2 Å². The molecule has 2 aliphatic heterocycles. The first-order valence-corrected chi connectivity index (χ1v) is 8.00. The zero-order chi connectivity index (χ0) is 16.8. The summed E-state index contributed by atoms with van der Waals surface area (Å²) < 4.78 is 0. The summed E-state index contributed by atoms with van der Waals surface area (Å²) in [6.45, 7) is 0. The molecule has 2 aromatic rings. The highest BCUT2D eigenvalue weighted by Crippen LogP contribution is 2.37. The fourth-order valence-corrected chi connectivity index (χ4v) is 3.37. The number of hydrogen-bond donors (Lipinski definition) is 2. The van der Waals surface area contributed by atoms with Gasteiger partial charge in [-0.05, 0) is 35.4 Å². The van der Waals surface area contributed by atoms with Crippen molar-refractivity contribution in [2.45, 2.75) is 12.3 Å². The maximum atomic E-state index is 12.5. The van der Waals surface area contributed by atoms with E-state index >= 15 is 0 Å². The number of hydrazine groups is 1. The van der Waals surface area contributed by atoms with E-state index < -0.39 is 12.3 Å².